The molecule has 39 heavy (non-hydrogen) atoms. The average Bonchev–Trinajstić information content (AvgIpc) is 3.36. The number of rotatable bonds is 13. The summed E-state index contributed by atoms with van der Waals surface area (Å²) in [6, 6.07) is 7.32. The molecule has 216 valence electrons. The summed E-state index contributed by atoms with van der Waals surface area (Å²) in [5.74, 6) is -1.36. The maximum Gasteiger partial charge on any atom is 0.408 e. The van der Waals surface area contributed by atoms with Gasteiger partial charge in [0.25, 0.3) is 0 Å². The van der Waals surface area contributed by atoms with Gasteiger partial charge in [-0.25, -0.2) is 9.59 Å². The molecule has 1 saturated heterocycles. The number of amides is 5. The number of nitrogens with zero attached hydrogens (tertiary/aromatic N) is 1. The fourth-order valence-corrected chi connectivity index (χ4v) is 4.04. The van der Waals surface area contributed by atoms with E-state index in [0.717, 1.165) is 5.56 Å². The van der Waals surface area contributed by atoms with Crippen LogP contribution in [0, 0.1) is 0 Å². The van der Waals surface area contributed by atoms with Crippen molar-refractivity contribution in [2.75, 3.05) is 19.6 Å². The molecule has 12 nitrogen and oxygen atoms in total. The van der Waals surface area contributed by atoms with Gasteiger partial charge in [0, 0.05) is 26.1 Å². The number of ether oxygens (including phenoxy) is 2. The number of alkyl carbamates (subject to hydrolysis) is 2. The van der Waals surface area contributed by atoms with Gasteiger partial charge < -0.3 is 36.1 Å². The Kier molecular flexibility index (Phi) is 12.5. The Balaban J connectivity index is 1.84. The van der Waals surface area contributed by atoms with E-state index in [-0.39, 0.29) is 25.4 Å². The van der Waals surface area contributed by atoms with E-state index in [4.69, 9.17) is 15.2 Å². The largest absolute Gasteiger partial charge is 0.445 e. The SMILES string of the molecule is CC(C)(C)OC(=O)NCCCCNC(=O)[C@@H]1CCCN1C(=O)[C@@H](CCC(N)=O)NC(=O)OCc1ccccc1. The summed E-state index contributed by atoms with van der Waals surface area (Å²) in [5, 5.41) is 8.04. The third-order valence-electron chi connectivity index (χ3n) is 5.89. The molecule has 2 atom stereocenters. The van der Waals surface area contributed by atoms with E-state index >= 15 is 0 Å². The van der Waals surface area contributed by atoms with Crippen molar-refractivity contribution in [2.24, 2.45) is 5.73 Å². The summed E-state index contributed by atoms with van der Waals surface area (Å²) < 4.78 is 10.4. The smallest absolute Gasteiger partial charge is 0.408 e. The Labute approximate surface area is 229 Å². The number of hydrogen-bond acceptors (Lipinski definition) is 7. The molecule has 5 N–H and O–H groups in total. The van der Waals surface area contributed by atoms with Crippen LogP contribution in [0.4, 0.5) is 9.59 Å². The number of primary amides is 1. The van der Waals surface area contributed by atoms with Crippen molar-refractivity contribution >= 4 is 29.9 Å². The number of likely N-dealkylation sites (tertiary alicyclic amines) is 1. The van der Waals surface area contributed by atoms with Gasteiger partial charge in [0.1, 0.15) is 24.3 Å². The van der Waals surface area contributed by atoms with Crippen LogP contribution in [0.2, 0.25) is 0 Å². The van der Waals surface area contributed by atoms with E-state index in [1.807, 2.05) is 18.2 Å². The van der Waals surface area contributed by atoms with Crippen LogP contribution in [0.1, 0.15) is 64.9 Å². The highest BCUT2D eigenvalue weighted by Gasteiger charge is 2.37. The van der Waals surface area contributed by atoms with Gasteiger partial charge >= 0.3 is 12.2 Å². The molecule has 1 aromatic carbocycles. The molecule has 1 heterocycles. The molecule has 0 aromatic heterocycles. The second-order valence-corrected chi connectivity index (χ2v) is 10.4. The number of carbonyl (C=O) groups is 5. The normalized spacial score (nSPS) is 15.7. The van der Waals surface area contributed by atoms with Crippen molar-refractivity contribution in [1.82, 2.24) is 20.9 Å². The van der Waals surface area contributed by atoms with Crippen LogP contribution >= 0.6 is 0 Å². The zero-order valence-electron chi connectivity index (χ0n) is 23.0. The van der Waals surface area contributed by atoms with E-state index in [9.17, 15) is 24.0 Å². The minimum Gasteiger partial charge on any atom is -0.445 e. The zero-order chi connectivity index (χ0) is 28.8. The highest BCUT2D eigenvalue weighted by molar-refractivity contribution is 5.92. The quantitative estimate of drug-likeness (QED) is 0.274. The number of hydrogen-bond donors (Lipinski definition) is 4. The average molecular weight is 548 g/mol. The number of carbonyl (C=O) groups excluding carboxylic acids is 5. The highest BCUT2D eigenvalue weighted by atomic mass is 16.6. The first-order valence-electron chi connectivity index (χ1n) is 13.3. The van der Waals surface area contributed by atoms with Gasteiger partial charge in [-0.05, 0) is 58.4 Å². The number of nitrogens with one attached hydrogen (secondary N) is 3. The van der Waals surface area contributed by atoms with Crippen molar-refractivity contribution in [3.8, 4) is 0 Å². The number of unbranched alkanes of at least 4 members (excludes halogenated alkanes) is 1. The van der Waals surface area contributed by atoms with Gasteiger partial charge in [0.05, 0.1) is 0 Å². The van der Waals surface area contributed by atoms with Gasteiger partial charge in [0.2, 0.25) is 17.7 Å². The monoisotopic (exact) mass is 547 g/mol. The predicted octanol–water partition coefficient (Wildman–Crippen LogP) is 1.96. The summed E-state index contributed by atoms with van der Waals surface area (Å²) in [5.41, 5.74) is 5.48. The van der Waals surface area contributed by atoms with Crippen molar-refractivity contribution in [1.29, 1.82) is 0 Å². The molecule has 0 unspecified atom stereocenters. The Hall–Kier alpha value is -3.83. The van der Waals surface area contributed by atoms with E-state index in [1.54, 1.807) is 32.9 Å². The maximum atomic E-state index is 13.3. The van der Waals surface area contributed by atoms with E-state index in [2.05, 4.69) is 16.0 Å². The summed E-state index contributed by atoms with van der Waals surface area (Å²) >= 11 is 0. The molecule has 1 aliphatic rings. The van der Waals surface area contributed by atoms with Gasteiger partial charge in [-0.2, -0.15) is 0 Å². The summed E-state index contributed by atoms with van der Waals surface area (Å²) in [6.45, 7) is 6.51. The molecule has 2 rings (SSSR count). The van der Waals surface area contributed by atoms with Crippen LogP contribution in [0.5, 0.6) is 0 Å². The van der Waals surface area contributed by atoms with Crippen molar-refractivity contribution in [3.63, 3.8) is 0 Å². The fourth-order valence-electron chi connectivity index (χ4n) is 4.04. The van der Waals surface area contributed by atoms with Crippen LogP contribution in [-0.4, -0.2) is 72.1 Å². The van der Waals surface area contributed by atoms with Crippen LogP contribution in [0.15, 0.2) is 30.3 Å². The first kappa shape index (κ1) is 31.4. The van der Waals surface area contributed by atoms with Crippen molar-refractivity contribution < 1.29 is 33.4 Å². The van der Waals surface area contributed by atoms with E-state index in [0.29, 0.717) is 45.3 Å². The molecule has 0 aliphatic carbocycles. The van der Waals surface area contributed by atoms with Gasteiger partial charge in [-0.15, -0.1) is 0 Å². The van der Waals surface area contributed by atoms with Crippen LogP contribution < -0.4 is 21.7 Å². The van der Waals surface area contributed by atoms with E-state index < -0.39 is 41.7 Å². The lowest BCUT2D eigenvalue weighted by molar-refractivity contribution is -0.140. The van der Waals surface area contributed by atoms with Gasteiger partial charge in [0.15, 0.2) is 0 Å². The highest BCUT2D eigenvalue weighted by Crippen LogP contribution is 2.20. The maximum absolute atomic E-state index is 13.3. The summed E-state index contributed by atoms with van der Waals surface area (Å²) in [6.07, 6.45) is 0.956. The minimum atomic E-state index is -1.06. The molecule has 5 amide bonds. The van der Waals surface area contributed by atoms with Crippen molar-refractivity contribution in [2.45, 2.75) is 83.6 Å². The Morgan fingerprint density at radius 1 is 1.03 bits per heavy atom. The van der Waals surface area contributed by atoms with Gasteiger partial charge in [-0.3, -0.25) is 14.4 Å². The van der Waals surface area contributed by atoms with Crippen molar-refractivity contribution in [3.05, 3.63) is 35.9 Å². The molecule has 0 bridgehead atoms. The third kappa shape index (κ3) is 12.1. The molecule has 12 heteroatoms. The topological polar surface area (TPSA) is 169 Å². The Morgan fingerprint density at radius 2 is 1.69 bits per heavy atom. The Bertz CT molecular complexity index is 980. The zero-order valence-corrected chi connectivity index (χ0v) is 23.0. The molecule has 0 spiro atoms. The van der Waals surface area contributed by atoms with Gasteiger partial charge in [-0.1, -0.05) is 30.3 Å². The molecular formula is C27H41N5O7. The second-order valence-electron chi connectivity index (χ2n) is 10.4. The summed E-state index contributed by atoms with van der Waals surface area (Å²) in [4.78, 5) is 63.1. The first-order valence-corrected chi connectivity index (χ1v) is 13.3. The number of nitrogens with two attached hydrogens (primary N) is 1. The third-order valence-corrected chi connectivity index (χ3v) is 5.89. The lowest BCUT2D eigenvalue weighted by Crippen LogP contribution is -2.53. The molecule has 1 fully saturated rings. The minimum absolute atomic E-state index is 0.00983. The number of benzene rings is 1. The lowest BCUT2D eigenvalue weighted by Gasteiger charge is -2.28. The van der Waals surface area contributed by atoms with Crippen LogP contribution in [-0.2, 0) is 30.5 Å². The first-order chi connectivity index (χ1) is 18.5. The molecule has 1 aromatic rings. The van der Waals surface area contributed by atoms with Crippen LogP contribution in [0.25, 0.3) is 0 Å². The molecule has 1 aliphatic heterocycles. The predicted molar refractivity (Wildman–Crippen MR) is 143 cm³/mol. The second kappa shape index (κ2) is 15.6. The molecule has 0 radical (unpaired) electrons. The standard InChI is InChI=1S/C27H41N5O7/c1-27(2,3)39-25(36)30-16-8-7-15-29-23(34)21-12-9-17-32(21)24(35)20(13-14-22(28)33)31-26(37)38-18-19-10-5-4-6-11-19/h4-6,10-11,20-21H,7-9,12-18H2,1-3H3,(H2,28,33)(H,29,34)(H,30,36)(H,31,37)/t20-,21+/m1/s1. The van der Waals surface area contributed by atoms with E-state index in [1.165, 1.54) is 4.90 Å². The molecule has 0 saturated carbocycles. The molecular weight excluding hydrogens is 506 g/mol. The summed E-state index contributed by atoms with van der Waals surface area (Å²) in [7, 11) is 0. The Morgan fingerprint density at radius 3 is 2.33 bits per heavy atom. The lowest BCUT2D eigenvalue weighted by atomic mass is 10.1. The fraction of sp³-hybridized carbons (Fsp3) is 0.593. The van der Waals surface area contributed by atoms with Crippen LogP contribution in [0.3, 0.4) is 0 Å².